The molecule has 1 amide bonds. The Morgan fingerprint density at radius 2 is 1.71 bits per heavy atom. The highest BCUT2D eigenvalue weighted by molar-refractivity contribution is 7.99. The van der Waals surface area contributed by atoms with Crippen LogP contribution in [0.3, 0.4) is 0 Å². The number of hydrogen-bond donors (Lipinski definition) is 1. The van der Waals surface area contributed by atoms with Gasteiger partial charge in [0.25, 0.3) is 10.0 Å². The third kappa shape index (κ3) is 6.77. The van der Waals surface area contributed by atoms with Crippen molar-refractivity contribution >= 4 is 33.4 Å². The summed E-state index contributed by atoms with van der Waals surface area (Å²) in [5.41, 5.74) is 2.35. The van der Waals surface area contributed by atoms with Gasteiger partial charge in [0.1, 0.15) is 12.3 Å². The number of nitrogens with zero attached hydrogens (tertiary/aromatic N) is 1. The SMILES string of the molecule is COc1ccc(S(=O)(=O)N(CC(=O)NCCCSc2ccc(C)cc2)c2ccccc2)cc1C. The Morgan fingerprint density at radius 1 is 1.00 bits per heavy atom. The second-order valence-electron chi connectivity index (χ2n) is 7.84. The topological polar surface area (TPSA) is 75.7 Å². The Bertz CT molecular complexity index is 1200. The smallest absolute Gasteiger partial charge is 0.264 e. The van der Waals surface area contributed by atoms with Gasteiger partial charge in [0.05, 0.1) is 17.7 Å². The van der Waals surface area contributed by atoms with Crippen LogP contribution in [0.25, 0.3) is 0 Å². The summed E-state index contributed by atoms with van der Waals surface area (Å²) in [5.74, 6) is 1.11. The van der Waals surface area contributed by atoms with Crippen molar-refractivity contribution in [1.82, 2.24) is 5.32 Å². The third-order valence-corrected chi connectivity index (χ3v) is 8.09. The number of sulfonamides is 1. The first-order valence-corrected chi connectivity index (χ1v) is 13.4. The maximum atomic E-state index is 13.5. The van der Waals surface area contributed by atoms with Crippen molar-refractivity contribution in [3.8, 4) is 5.75 Å². The fourth-order valence-electron chi connectivity index (χ4n) is 3.36. The van der Waals surface area contributed by atoms with Crippen molar-refractivity contribution in [3.63, 3.8) is 0 Å². The van der Waals surface area contributed by atoms with Crippen LogP contribution in [0, 0.1) is 13.8 Å². The lowest BCUT2D eigenvalue weighted by atomic mass is 10.2. The fraction of sp³-hybridized carbons (Fsp3) is 0.269. The molecule has 6 nitrogen and oxygen atoms in total. The van der Waals surface area contributed by atoms with E-state index in [0.717, 1.165) is 16.5 Å². The van der Waals surface area contributed by atoms with Crippen LogP contribution in [0.5, 0.6) is 5.75 Å². The summed E-state index contributed by atoms with van der Waals surface area (Å²) < 4.78 is 33.3. The predicted octanol–water partition coefficient (Wildman–Crippen LogP) is 4.81. The van der Waals surface area contributed by atoms with E-state index in [1.54, 1.807) is 61.2 Å². The van der Waals surface area contributed by atoms with E-state index in [2.05, 4.69) is 36.5 Å². The number of hydrogen-bond acceptors (Lipinski definition) is 5. The quantitative estimate of drug-likeness (QED) is 0.303. The molecule has 0 saturated carbocycles. The number of aryl methyl sites for hydroxylation is 2. The second kappa shape index (κ2) is 11.9. The number of thioether (sulfide) groups is 1. The first kappa shape index (κ1) is 25.6. The molecule has 3 aromatic rings. The first-order chi connectivity index (χ1) is 16.3. The van der Waals surface area contributed by atoms with Crippen LogP contribution in [0.15, 0.2) is 82.6 Å². The number of benzene rings is 3. The van der Waals surface area contributed by atoms with Crippen molar-refractivity contribution in [2.45, 2.75) is 30.1 Å². The summed E-state index contributed by atoms with van der Waals surface area (Å²) >= 11 is 1.73. The van der Waals surface area contributed by atoms with Crippen molar-refractivity contribution < 1.29 is 17.9 Å². The standard InChI is InChI=1S/C26H30N2O4S2/c1-20-10-12-23(13-11-20)33-17-7-16-27-26(29)19-28(22-8-5-4-6-9-22)34(30,31)24-14-15-25(32-3)21(2)18-24/h4-6,8-15,18H,7,16-17,19H2,1-3H3,(H,27,29). The molecular formula is C26H30N2O4S2. The predicted molar refractivity (Wildman–Crippen MR) is 138 cm³/mol. The maximum Gasteiger partial charge on any atom is 0.264 e. The van der Waals surface area contributed by atoms with Crippen molar-refractivity contribution in [2.24, 2.45) is 0 Å². The number of anilines is 1. The summed E-state index contributed by atoms with van der Waals surface area (Å²) in [4.78, 5) is 14.0. The van der Waals surface area contributed by atoms with E-state index in [0.29, 0.717) is 23.5 Å². The number of nitrogens with one attached hydrogen (secondary N) is 1. The molecule has 0 fully saturated rings. The van der Waals surface area contributed by atoms with Crippen LogP contribution in [0.4, 0.5) is 5.69 Å². The van der Waals surface area contributed by atoms with Crippen LogP contribution < -0.4 is 14.4 Å². The van der Waals surface area contributed by atoms with E-state index in [4.69, 9.17) is 4.74 Å². The molecule has 1 N–H and O–H groups in total. The Labute approximate surface area is 206 Å². The van der Waals surface area contributed by atoms with Gasteiger partial charge in [-0.1, -0.05) is 35.9 Å². The van der Waals surface area contributed by atoms with Crippen LogP contribution in [0.1, 0.15) is 17.5 Å². The minimum absolute atomic E-state index is 0.108. The molecule has 0 aliphatic rings. The molecule has 0 spiro atoms. The average Bonchev–Trinajstić information content (AvgIpc) is 2.84. The molecule has 180 valence electrons. The molecule has 0 bridgehead atoms. The van der Waals surface area contributed by atoms with E-state index in [1.165, 1.54) is 23.6 Å². The second-order valence-corrected chi connectivity index (χ2v) is 10.9. The van der Waals surface area contributed by atoms with Gasteiger partial charge < -0.3 is 10.1 Å². The average molecular weight is 499 g/mol. The first-order valence-electron chi connectivity index (χ1n) is 11.0. The van der Waals surface area contributed by atoms with E-state index in [-0.39, 0.29) is 17.3 Å². The van der Waals surface area contributed by atoms with E-state index in [9.17, 15) is 13.2 Å². The molecule has 0 saturated heterocycles. The van der Waals surface area contributed by atoms with Crippen LogP contribution in [0.2, 0.25) is 0 Å². The molecule has 8 heteroatoms. The highest BCUT2D eigenvalue weighted by Gasteiger charge is 2.27. The molecule has 0 radical (unpaired) electrons. The number of amides is 1. The molecule has 0 heterocycles. The van der Waals surface area contributed by atoms with Gasteiger partial charge in [0.2, 0.25) is 5.91 Å². The van der Waals surface area contributed by atoms with Gasteiger partial charge in [-0.05, 0) is 74.0 Å². The zero-order valence-electron chi connectivity index (χ0n) is 19.7. The van der Waals surface area contributed by atoms with Gasteiger partial charge in [0.15, 0.2) is 0 Å². The van der Waals surface area contributed by atoms with Crippen LogP contribution >= 0.6 is 11.8 Å². The summed E-state index contributed by atoms with van der Waals surface area (Å²) in [6.07, 6.45) is 0.778. The third-order valence-electron chi connectivity index (χ3n) is 5.22. The molecule has 3 rings (SSSR count). The Hall–Kier alpha value is -2.97. The fourth-order valence-corrected chi connectivity index (χ4v) is 5.72. The Morgan fingerprint density at radius 3 is 2.35 bits per heavy atom. The van der Waals surface area contributed by atoms with Crippen molar-refractivity contribution in [2.75, 3.05) is 30.3 Å². The highest BCUT2D eigenvalue weighted by atomic mass is 32.2. The molecular weight excluding hydrogens is 468 g/mol. The number of methoxy groups -OCH3 is 1. The van der Waals surface area contributed by atoms with Gasteiger partial charge in [-0.15, -0.1) is 11.8 Å². The van der Waals surface area contributed by atoms with Crippen molar-refractivity contribution in [3.05, 3.63) is 83.9 Å². The maximum absolute atomic E-state index is 13.5. The number of carbonyl (C=O) groups excluding carboxylic acids is 1. The minimum atomic E-state index is -3.96. The van der Waals surface area contributed by atoms with E-state index >= 15 is 0 Å². The molecule has 34 heavy (non-hydrogen) atoms. The van der Waals surface area contributed by atoms with Crippen LogP contribution in [-0.4, -0.2) is 40.3 Å². The molecule has 0 unspecified atom stereocenters. The van der Waals surface area contributed by atoms with Gasteiger partial charge in [-0.2, -0.15) is 0 Å². The molecule has 0 atom stereocenters. The number of para-hydroxylation sites is 1. The monoisotopic (exact) mass is 498 g/mol. The lowest BCUT2D eigenvalue weighted by molar-refractivity contribution is -0.119. The molecule has 0 aromatic heterocycles. The number of carbonyl (C=O) groups is 1. The Balaban J connectivity index is 1.65. The van der Waals surface area contributed by atoms with E-state index < -0.39 is 10.0 Å². The summed E-state index contributed by atoms with van der Waals surface area (Å²) in [5, 5.41) is 2.85. The molecule has 0 aliphatic heterocycles. The van der Waals surface area contributed by atoms with Crippen molar-refractivity contribution in [1.29, 1.82) is 0 Å². The molecule has 3 aromatic carbocycles. The Kier molecular flexibility index (Phi) is 9.01. The van der Waals surface area contributed by atoms with E-state index in [1.807, 2.05) is 0 Å². The van der Waals surface area contributed by atoms with Gasteiger partial charge in [-0.25, -0.2) is 8.42 Å². The zero-order chi connectivity index (χ0) is 24.6. The summed E-state index contributed by atoms with van der Waals surface area (Å²) in [6, 6.07) is 21.7. The van der Waals surface area contributed by atoms with Gasteiger partial charge in [0, 0.05) is 11.4 Å². The lowest BCUT2D eigenvalue weighted by Gasteiger charge is -2.24. The summed E-state index contributed by atoms with van der Waals surface area (Å²) in [7, 11) is -2.42. The number of rotatable bonds is 11. The zero-order valence-corrected chi connectivity index (χ0v) is 21.3. The van der Waals surface area contributed by atoms with Gasteiger partial charge in [-0.3, -0.25) is 9.10 Å². The highest BCUT2D eigenvalue weighted by Crippen LogP contribution is 2.27. The normalized spacial score (nSPS) is 11.1. The number of ether oxygens (including phenoxy) is 1. The lowest BCUT2D eigenvalue weighted by Crippen LogP contribution is -2.41. The van der Waals surface area contributed by atoms with Gasteiger partial charge >= 0.3 is 0 Å². The largest absolute Gasteiger partial charge is 0.496 e. The summed E-state index contributed by atoms with van der Waals surface area (Å²) in [6.45, 7) is 4.01. The van der Waals surface area contributed by atoms with Crippen LogP contribution in [-0.2, 0) is 14.8 Å². The minimum Gasteiger partial charge on any atom is -0.496 e. The molecule has 0 aliphatic carbocycles.